The molecule has 1 N–H and O–H groups in total. The average molecular weight is 402 g/mol. The highest BCUT2D eigenvalue weighted by Gasteiger charge is 2.41. The normalized spacial score (nSPS) is 22.4. The molecule has 0 spiro atoms. The van der Waals surface area contributed by atoms with Crippen molar-refractivity contribution in [2.45, 2.75) is 44.3 Å². The van der Waals surface area contributed by atoms with E-state index in [2.05, 4.69) is 19.4 Å². The number of amides is 1. The fourth-order valence-electron chi connectivity index (χ4n) is 3.80. The number of carbonyl (C=O) groups is 2. The molecular weight excluding hydrogens is 377 g/mol. The molecule has 4 rings (SSSR count). The molecule has 10 heteroatoms. The largest absolute Gasteiger partial charge is 0.490 e. The van der Waals surface area contributed by atoms with E-state index in [1.807, 2.05) is 13.4 Å². The number of hydrogen-bond acceptors (Lipinski definition) is 4. The van der Waals surface area contributed by atoms with Gasteiger partial charge < -0.3 is 14.6 Å². The number of carboxylic acid groups (broad SMARTS) is 1. The summed E-state index contributed by atoms with van der Waals surface area (Å²) in [5.74, 6) is -1.64. The molecular formula is C18H25F3N4O3. The van der Waals surface area contributed by atoms with Crippen LogP contribution < -0.4 is 0 Å². The number of aromatic nitrogens is 2. The summed E-state index contributed by atoms with van der Waals surface area (Å²) in [6.45, 7) is 3.92. The summed E-state index contributed by atoms with van der Waals surface area (Å²) in [6.07, 6.45) is 2.74. The van der Waals surface area contributed by atoms with Crippen LogP contribution in [-0.2, 0) is 23.1 Å². The highest BCUT2D eigenvalue weighted by Crippen LogP contribution is 2.36. The van der Waals surface area contributed by atoms with E-state index in [9.17, 15) is 18.0 Å². The summed E-state index contributed by atoms with van der Waals surface area (Å²) in [5.41, 5.74) is 2.26. The zero-order valence-corrected chi connectivity index (χ0v) is 15.8. The number of fused-ring (bicyclic) bond motifs is 1. The van der Waals surface area contributed by atoms with Crippen LogP contribution in [0.15, 0.2) is 6.33 Å². The number of aliphatic carboxylic acids is 1. The lowest BCUT2D eigenvalue weighted by molar-refractivity contribution is -0.192. The Morgan fingerprint density at radius 3 is 2.36 bits per heavy atom. The molecule has 156 valence electrons. The van der Waals surface area contributed by atoms with Crippen LogP contribution in [0.4, 0.5) is 13.2 Å². The Bertz CT molecular complexity index is 724. The molecule has 2 aliphatic heterocycles. The molecule has 1 saturated heterocycles. The lowest BCUT2D eigenvalue weighted by Crippen LogP contribution is -2.46. The van der Waals surface area contributed by atoms with Gasteiger partial charge in [0, 0.05) is 39.6 Å². The van der Waals surface area contributed by atoms with Crippen molar-refractivity contribution < 1.29 is 27.9 Å². The number of nitrogens with zero attached hydrogens (tertiary/aromatic N) is 4. The molecule has 1 aliphatic carbocycles. The molecule has 3 aliphatic rings. The number of alkyl halides is 3. The Balaban J connectivity index is 0.000000279. The minimum atomic E-state index is -5.08. The topological polar surface area (TPSA) is 78.7 Å². The van der Waals surface area contributed by atoms with Crippen molar-refractivity contribution in [3.05, 3.63) is 17.7 Å². The third-order valence-corrected chi connectivity index (χ3v) is 5.41. The van der Waals surface area contributed by atoms with Gasteiger partial charge in [0.2, 0.25) is 5.91 Å². The van der Waals surface area contributed by atoms with Gasteiger partial charge in [-0.1, -0.05) is 0 Å². The van der Waals surface area contributed by atoms with Crippen molar-refractivity contribution in [1.29, 1.82) is 0 Å². The first-order chi connectivity index (χ1) is 13.2. The number of rotatable bonds is 3. The molecule has 0 aromatic carbocycles. The number of carbonyl (C=O) groups excluding carboxylic acids is 1. The number of hydrogen-bond donors (Lipinski definition) is 1. The zero-order chi connectivity index (χ0) is 20.5. The van der Waals surface area contributed by atoms with E-state index in [1.165, 1.54) is 12.8 Å². The molecule has 2 fully saturated rings. The molecule has 1 atom stereocenters. The molecule has 3 heterocycles. The van der Waals surface area contributed by atoms with Crippen LogP contribution in [0.2, 0.25) is 0 Å². The summed E-state index contributed by atoms with van der Waals surface area (Å²) in [5, 5.41) is 7.12. The molecule has 1 amide bonds. The van der Waals surface area contributed by atoms with Crippen LogP contribution in [0.5, 0.6) is 0 Å². The molecule has 7 nitrogen and oxygen atoms in total. The quantitative estimate of drug-likeness (QED) is 0.837. The molecule has 1 saturated carbocycles. The average Bonchev–Trinajstić information content (AvgIpc) is 3.13. The fourth-order valence-corrected chi connectivity index (χ4v) is 3.80. The molecule has 1 aromatic rings. The first kappa shape index (κ1) is 20.6. The SMILES string of the molecule is Cn1cnc2c1C(C(=O)N1CCCC1)N(CC1CC1)CC2.O=C(O)C(F)(F)F. The summed E-state index contributed by atoms with van der Waals surface area (Å²) in [7, 11) is 2.02. The Hall–Kier alpha value is -2.10. The maximum absolute atomic E-state index is 13.1. The van der Waals surface area contributed by atoms with Crippen LogP contribution in [0, 0.1) is 5.92 Å². The fraction of sp³-hybridized carbons (Fsp3) is 0.722. The summed E-state index contributed by atoms with van der Waals surface area (Å²) in [6, 6.07) is -0.0973. The van der Waals surface area contributed by atoms with Crippen molar-refractivity contribution >= 4 is 11.9 Å². The van der Waals surface area contributed by atoms with Gasteiger partial charge in [-0.05, 0) is 31.6 Å². The lowest BCUT2D eigenvalue weighted by Gasteiger charge is -2.37. The second kappa shape index (κ2) is 8.10. The monoisotopic (exact) mass is 402 g/mol. The van der Waals surface area contributed by atoms with E-state index in [0.29, 0.717) is 5.91 Å². The van der Waals surface area contributed by atoms with Crippen molar-refractivity contribution in [2.24, 2.45) is 13.0 Å². The first-order valence-corrected chi connectivity index (χ1v) is 9.51. The van der Waals surface area contributed by atoms with Crippen LogP contribution in [0.25, 0.3) is 0 Å². The van der Waals surface area contributed by atoms with Gasteiger partial charge in [0.1, 0.15) is 6.04 Å². The third kappa shape index (κ3) is 4.65. The van der Waals surface area contributed by atoms with E-state index >= 15 is 0 Å². The standard InChI is InChI=1S/C16H24N4O.C2HF3O2/c1-18-11-17-13-6-9-20(10-12-4-5-12)15(14(13)18)16(21)19-7-2-3-8-19;3-2(4,5)1(6)7/h11-12,15H,2-10H2,1H3;(H,6,7). The van der Waals surface area contributed by atoms with E-state index in [1.54, 1.807) is 0 Å². The van der Waals surface area contributed by atoms with Crippen molar-refractivity contribution in [3.8, 4) is 0 Å². The van der Waals surface area contributed by atoms with Gasteiger partial charge >= 0.3 is 12.1 Å². The second-order valence-corrected chi connectivity index (χ2v) is 7.61. The van der Waals surface area contributed by atoms with Gasteiger partial charge in [0.25, 0.3) is 0 Å². The number of aryl methyl sites for hydroxylation is 1. The molecule has 1 unspecified atom stereocenters. The lowest BCUT2D eigenvalue weighted by atomic mass is 10.0. The molecule has 28 heavy (non-hydrogen) atoms. The minimum Gasteiger partial charge on any atom is -0.475 e. The highest BCUT2D eigenvalue weighted by molar-refractivity contribution is 5.83. The zero-order valence-electron chi connectivity index (χ0n) is 15.8. The molecule has 1 aromatic heterocycles. The van der Waals surface area contributed by atoms with E-state index in [0.717, 1.165) is 62.7 Å². The van der Waals surface area contributed by atoms with Crippen LogP contribution in [0.3, 0.4) is 0 Å². The Morgan fingerprint density at radius 1 is 1.21 bits per heavy atom. The Kier molecular flexibility index (Phi) is 5.97. The number of imidazole rings is 1. The van der Waals surface area contributed by atoms with Gasteiger partial charge in [-0.2, -0.15) is 13.2 Å². The van der Waals surface area contributed by atoms with Crippen LogP contribution in [-0.4, -0.2) is 68.7 Å². The smallest absolute Gasteiger partial charge is 0.475 e. The second-order valence-electron chi connectivity index (χ2n) is 7.61. The van der Waals surface area contributed by atoms with Gasteiger partial charge in [-0.25, -0.2) is 9.78 Å². The number of carboxylic acids is 1. The van der Waals surface area contributed by atoms with Crippen LogP contribution in [0.1, 0.15) is 43.1 Å². The van der Waals surface area contributed by atoms with Gasteiger partial charge in [0.05, 0.1) is 17.7 Å². The Morgan fingerprint density at radius 2 is 1.82 bits per heavy atom. The van der Waals surface area contributed by atoms with E-state index in [4.69, 9.17) is 9.90 Å². The van der Waals surface area contributed by atoms with Gasteiger partial charge in [-0.3, -0.25) is 9.69 Å². The van der Waals surface area contributed by atoms with Crippen molar-refractivity contribution in [3.63, 3.8) is 0 Å². The van der Waals surface area contributed by atoms with E-state index in [-0.39, 0.29) is 6.04 Å². The van der Waals surface area contributed by atoms with Crippen LogP contribution >= 0.6 is 0 Å². The maximum atomic E-state index is 13.1. The molecule has 0 radical (unpaired) electrons. The number of halogens is 3. The van der Waals surface area contributed by atoms with Gasteiger partial charge in [-0.15, -0.1) is 0 Å². The minimum absolute atomic E-state index is 0.0973. The number of likely N-dealkylation sites (tertiary alicyclic amines) is 1. The highest BCUT2D eigenvalue weighted by atomic mass is 19.4. The summed E-state index contributed by atoms with van der Waals surface area (Å²) in [4.78, 5) is 31.0. The third-order valence-electron chi connectivity index (χ3n) is 5.41. The van der Waals surface area contributed by atoms with Gasteiger partial charge in [0.15, 0.2) is 0 Å². The summed E-state index contributed by atoms with van der Waals surface area (Å²) >= 11 is 0. The van der Waals surface area contributed by atoms with Crippen molar-refractivity contribution in [1.82, 2.24) is 19.4 Å². The van der Waals surface area contributed by atoms with Crippen molar-refractivity contribution in [2.75, 3.05) is 26.2 Å². The molecule has 0 bridgehead atoms. The maximum Gasteiger partial charge on any atom is 0.490 e. The predicted molar refractivity (Wildman–Crippen MR) is 93.5 cm³/mol. The summed E-state index contributed by atoms with van der Waals surface area (Å²) < 4.78 is 33.8. The van der Waals surface area contributed by atoms with E-state index < -0.39 is 12.1 Å². The first-order valence-electron chi connectivity index (χ1n) is 9.51. The predicted octanol–water partition coefficient (Wildman–Crippen LogP) is 1.98. The Labute approximate surface area is 161 Å².